The lowest BCUT2D eigenvalue weighted by Crippen LogP contribution is -2.17. The third-order valence-corrected chi connectivity index (χ3v) is 4.82. The molecule has 1 amide bonds. The predicted octanol–water partition coefficient (Wildman–Crippen LogP) is 2.42. The Morgan fingerprint density at radius 1 is 1.19 bits per heavy atom. The summed E-state index contributed by atoms with van der Waals surface area (Å²) in [4.78, 5) is 27.7. The van der Waals surface area contributed by atoms with Crippen molar-refractivity contribution in [2.45, 2.75) is 18.6 Å². The summed E-state index contributed by atoms with van der Waals surface area (Å²) in [5.74, 6) is -1.79. The van der Waals surface area contributed by atoms with Crippen LogP contribution < -0.4 is 5.32 Å². The Kier molecular flexibility index (Phi) is 4.79. The van der Waals surface area contributed by atoms with E-state index in [-0.39, 0.29) is 28.9 Å². The first-order valence-electron chi connectivity index (χ1n) is 7.92. The molecule has 0 unspecified atom stereocenters. The van der Waals surface area contributed by atoms with Gasteiger partial charge in [0.15, 0.2) is 5.78 Å². The van der Waals surface area contributed by atoms with Crippen LogP contribution in [0.1, 0.15) is 17.3 Å². The summed E-state index contributed by atoms with van der Waals surface area (Å²) in [7, 11) is -3.70. The molecule has 7 nitrogen and oxygen atoms in total. The van der Waals surface area contributed by atoms with Crippen molar-refractivity contribution in [3.8, 4) is 0 Å². The highest BCUT2D eigenvalue weighted by atomic mass is 32.2. The lowest BCUT2D eigenvalue weighted by atomic mass is 10.1. The highest BCUT2D eigenvalue weighted by Crippen LogP contribution is 2.21. The van der Waals surface area contributed by atoms with E-state index < -0.39 is 21.4 Å². The van der Waals surface area contributed by atoms with Crippen molar-refractivity contribution < 1.29 is 22.4 Å². The molecule has 9 heteroatoms. The van der Waals surface area contributed by atoms with Gasteiger partial charge in [-0.1, -0.05) is 12.1 Å². The van der Waals surface area contributed by atoms with E-state index in [1.54, 1.807) is 24.3 Å². The number of nitrogens with zero attached hydrogens (tertiary/aromatic N) is 2. The Bertz CT molecular complexity index is 1170. The predicted molar refractivity (Wildman–Crippen MR) is 97.9 cm³/mol. The van der Waals surface area contributed by atoms with Crippen LogP contribution in [0.5, 0.6) is 0 Å². The Hall–Kier alpha value is -3.07. The number of carbonyl (C=O) groups excluding carboxylic acids is 2. The van der Waals surface area contributed by atoms with Gasteiger partial charge in [0.25, 0.3) is 0 Å². The van der Waals surface area contributed by atoms with Gasteiger partial charge >= 0.3 is 0 Å². The van der Waals surface area contributed by atoms with Crippen LogP contribution in [-0.2, 0) is 21.2 Å². The van der Waals surface area contributed by atoms with Crippen LogP contribution >= 0.6 is 0 Å². The van der Waals surface area contributed by atoms with Gasteiger partial charge in [-0.25, -0.2) is 17.8 Å². The fourth-order valence-electron chi connectivity index (χ4n) is 2.74. The zero-order chi connectivity index (χ0) is 19.8. The smallest absolute Gasteiger partial charge is 0.228 e. The topological polar surface area (TPSA) is 98.1 Å². The number of anilines is 1. The molecular formula is C18H16FN3O4S. The van der Waals surface area contributed by atoms with Crippen LogP contribution in [0.2, 0.25) is 0 Å². The molecule has 0 spiro atoms. The van der Waals surface area contributed by atoms with E-state index in [2.05, 4.69) is 10.3 Å². The van der Waals surface area contributed by atoms with Gasteiger partial charge in [0.2, 0.25) is 20.9 Å². The molecule has 1 heterocycles. The summed E-state index contributed by atoms with van der Waals surface area (Å²) in [5, 5.41) is 2.17. The largest absolute Gasteiger partial charge is 0.326 e. The number of imidazole rings is 1. The lowest BCUT2D eigenvalue weighted by molar-refractivity contribution is -0.114. The van der Waals surface area contributed by atoms with Crippen molar-refractivity contribution in [1.29, 1.82) is 0 Å². The molecule has 0 atom stereocenters. The standard InChI is InChI=1S/C18H16FN3O4S/c1-11(23)20-12-7-8-13(14(19)9-12)17(24)10-22-16-6-4-3-5-15(16)21-18(22)27(2,25)26/h3-9H,10H2,1-2H3,(H,20,23). The summed E-state index contributed by atoms with van der Waals surface area (Å²) in [6, 6.07) is 10.4. The molecule has 0 bridgehead atoms. The molecule has 2 aromatic carbocycles. The van der Waals surface area contributed by atoms with E-state index >= 15 is 0 Å². The maximum atomic E-state index is 14.3. The average Bonchev–Trinajstić information content (AvgIpc) is 2.93. The average molecular weight is 389 g/mol. The summed E-state index contributed by atoms with van der Waals surface area (Å²) < 4.78 is 39.7. The maximum Gasteiger partial charge on any atom is 0.228 e. The highest BCUT2D eigenvalue weighted by Gasteiger charge is 2.22. The quantitative estimate of drug-likeness (QED) is 0.676. The number of hydrogen-bond acceptors (Lipinski definition) is 5. The molecule has 3 aromatic rings. The molecule has 0 aliphatic heterocycles. The Morgan fingerprint density at radius 3 is 2.52 bits per heavy atom. The lowest BCUT2D eigenvalue weighted by Gasteiger charge is -2.09. The van der Waals surface area contributed by atoms with Crippen LogP contribution in [0.15, 0.2) is 47.6 Å². The monoisotopic (exact) mass is 389 g/mol. The Balaban J connectivity index is 2.01. The molecule has 1 aromatic heterocycles. The first kappa shape index (κ1) is 18.7. The minimum atomic E-state index is -3.70. The van der Waals surface area contributed by atoms with E-state index in [0.29, 0.717) is 11.0 Å². The molecule has 0 saturated heterocycles. The maximum absolute atomic E-state index is 14.3. The summed E-state index contributed by atoms with van der Waals surface area (Å²) in [6.45, 7) is 0.896. The third-order valence-electron chi connectivity index (χ3n) is 3.84. The number of para-hydroxylation sites is 2. The molecule has 0 aliphatic rings. The first-order chi connectivity index (χ1) is 12.7. The van der Waals surface area contributed by atoms with Crippen LogP contribution in [0.3, 0.4) is 0 Å². The zero-order valence-corrected chi connectivity index (χ0v) is 15.4. The van der Waals surface area contributed by atoms with Crippen molar-refractivity contribution in [3.05, 3.63) is 53.8 Å². The number of amides is 1. The molecule has 0 fully saturated rings. The number of benzene rings is 2. The van der Waals surface area contributed by atoms with Gasteiger partial charge in [0.1, 0.15) is 5.82 Å². The van der Waals surface area contributed by atoms with Gasteiger partial charge in [-0.15, -0.1) is 0 Å². The molecular weight excluding hydrogens is 373 g/mol. The van der Waals surface area contributed by atoms with Crippen LogP contribution in [0, 0.1) is 5.82 Å². The van der Waals surface area contributed by atoms with E-state index in [4.69, 9.17) is 0 Å². The van der Waals surface area contributed by atoms with Crippen molar-refractivity contribution in [3.63, 3.8) is 0 Å². The normalized spacial score (nSPS) is 11.5. The van der Waals surface area contributed by atoms with Crippen molar-refractivity contribution in [2.24, 2.45) is 0 Å². The van der Waals surface area contributed by atoms with Gasteiger partial charge in [-0.3, -0.25) is 9.59 Å². The van der Waals surface area contributed by atoms with Crippen LogP contribution in [-0.4, -0.2) is 35.9 Å². The molecule has 1 N–H and O–H groups in total. The molecule has 3 rings (SSSR count). The van der Waals surface area contributed by atoms with Crippen LogP contribution in [0.4, 0.5) is 10.1 Å². The third kappa shape index (κ3) is 3.87. The Morgan fingerprint density at radius 2 is 1.89 bits per heavy atom. The van der Waals surface area contributed by atoms with E-state index in [9.17, 15) is 22.4 Å². The zero-order valence-electron chi connectivity index (χ0n) is 14.6. The number of carbonyl (C=O) groups is 2. The van der Waals surface area contributed by atoms with Crippen molar-refractivity contribution >= 4 is 38.2 Å². The minimum Gasteiger partial charge on any atom is -0.326 e. The number of halogens is 1. The molecule has 0 aliphatic carbocycles. The fraction of sp³-hybridized carbons (Fsp3) is 0.167. The highest BCUT2D eigenvalue weighted by molar-refractivity contribution is 7.90. The van der Waals surface area contributed by atoms with Crippen molar-refractivity contribution in [1.82, 2.24) is 9.55 Å². The number of Topliss-reactive ketones (excluding diaryl/α,β-unsaturated/α-hetero) is 1. The van der Waals surface area contributed by atoms with E-state index in [1.165, 1.54) is 23.6 Å². The minimum absolute atomic E-state index is 0.207. The first-order valence-corrected chi connectivity index (χ1v) is 9.81. The number of aromatic nitrogens is 2. The van der Waals surface area contributed by atoms with Gasteiger partial charge in [-0.05, 0) is 30.3 Å². The van der Waals surface area contributed by atoms with Crippen LogP contribution in [0.25, 0.3) is 11.0 Å². The fourth-order valence-corrected chi connectivity index (χ4v) is 3.57. The van der Waals surface area contributed by atoms with E-state index in [0.717, 1.165) is 12.3 Å². The molecule has 140 valence electrons. The van der Waals surface area contributed by atoms with Gasteiger partial charge in [0.05, 0.1) is 23.1 Å². The van der Waals surface area contributed by atoms with Crippen molar-refractivity contribution in [2.75, 3.05) is 11.6 Å². The van der Waals surface area contributed by atoms with Gasteiger partial charge in [-0.2, -0.15) is 0 Å². The number of sulfone groups is 1. The molecule has 0 radical (unpaired) electrons. The van der Waals surface area contributed by atoms with E-state index in [1.807, 2.05) is 0 Å². The molecule has 0 saturated carbocycles. The SMILES string of the molecule is CC(=O)Nc1ccc(C(=O)Cn2c(S(C)(=O)=O)nc3ccccc32)c(F)c1. The number of hydrogen-bond donors (Lipinski definition) is 1. The summed E-state index contributed by atoms with van der Waals surface area (Å²) in [5.41, 5.74) is 0.900. The van der Waals surface area contributed by atoms with Gasteiger partial charge in [0, 0.05) is 18.9 Å². The summed E-state index contributed by atoms with van der Waals surface area (Å²) >= 11 is 0. The number of nitrogens with one attached hydrogen (secondary N) is 1. The number of rotatable bonds is 5. The summed E-state index contributed by atoms with van der Waals surface area (Å²) in [6.07, 6.45) is 0.998. The second-order valence-corrected chi connectivity index (χ2v) is 7.95. The second kappa shape index (κ2) is 6.92. The van der Waals surface area contributed by atoms with Gasteiger partial charge < -0.3 is 9.88 Å². The number of ketones is 1. The molecule has 27 heavy (non-hydrogen) atoms. The second-order valence-electron chi connectivity index (χ2n) is 6.04. The number of fused-ring (bicyclic) bond motifs is 1. The Labute approximate surface area is 154 Å².